The van der Waals surface area contributed by atoms with Gasteiger partial charge in [0.15, 0.2) is 11.5 Å². The molecular weight excluding hydrogens is 374 g/mol. The quantitative estimate of drug-likeness (QED) is 0.541. The third kappa shape index (κ3) is 3.48. The number of phenols is 1. The molecule has 3 N–H and O–H groups in total. The Kier molecular flexibility index (Phi) is 4.65. The molecular formula is C13H10BrN3O6. The van der Waals surface area contributed by atoms with Crippen LogP contribution in [0.25, 0.3) is 12.2 Å². The van der Waals surface area contributed by atoms with Crippen LogP contribution in [-0.2, 0) is 0 Å². The molecule has 0 unspecified atom stereocenters. The van der Waals surface area contributed by atoms with Crippen LogP contribution < -0.4 is 16.0 Å². The van der Waals surface area contributed by atoms with Crippen molar-refractivity contribution in [2.75, 3.05) is 7.11 Å². The van der Waals surface area contributed by atoms with Crippen LogP contribution in [0.4, 0.5) is 5.69 Å². The number of hydrogen-bond acceptors (Lipinski definition) is 6. The number of hydrogen-bond donors (Lipinski definition) is 3. The lowest BCUT2D eigenvalue weighted by molar-refractivity contribution is -0.386. The lowest BCUT2D eigenvalue weighted by atomic mass is 10.1. The Labute approximate surface area is 136 Å². The van der Waals surface area contributed by atoms with E-state index in [0.717, 1.165) is 0 Å². The molecule has 0 aliphatic rings. The molecule has 0 bridgehead atoms. The number of aromatic amines is 2. The highest BCUT2D eigenvalue weighted by molar-refractivity contribution is 9.10. The third-order valence-corrected chi connectivity index (χ3v) is 3.45. The number of nitrogens with zero attached hydrogens (tertiary/aromatic N) is 1. The minimum atomic E-state index is -1.09. The number of aromatic hydroxyl groups is 1. The first-order valence-electron chi connectivity index (χ1n) is 6.09. The van der Waals surface area contributed by atoms with Gasteiger partial charge in [0, 0.05) is 0 Å². The average Bonchev–Trinajstić information content (AvgIpc) is 2.47. The number of benzene rings is 1. The second-order valence-electron chi connectivity index (χ2n) is 4.31. The van der Waals surface area contributed by atoms with E-state index in [1.165, 1.54) is 31.4 Å². The van der Waals surface area contributed by atoms with Gasteiger partial charge in [0.1, 0.15) is 5.69 Å². The molecule has 0 aliphatic carbocycles. The van der Waals surface area contributed by atoms with E-state index in [1.54, 1.807) is 4.98 Å². The smallest absolute Gasteiger partial charge is 0.357 e. The topological polar surface area (TPSA) is 138 Å². The van der Waals surface area contributed by atoms with Crippen LogP contribution >= 0.6 is 15.9 Å². The molecule has 0 saturated heterocycles. The summed E-state index contributed by atoms with van der Waals surface area (Å²) in [7, 11) is 1.37. The highest BCUT2D eigenvalue weighted by Gasteiger charge is 2.18. The molecule has 0 atom stereocenters. The van der Waals surface area contributed by atoms with Gasteiger partial charge in [-0.05, 0) is 39.7 Å². The molecule has 0 spiro atoms. The third-order valence-electron chi connectivity index (χ3n) is 2.84. The lowest BCUT2D eigenvalue weighted by Crippen LogP contribution is -2.25. The number of halogens is 1. The summed E-state index contributed by atoms with van der Waals surface area (Å²) in [4.78, 5) is 36.8. The van der Waals surface area contributed by atoms with E-state index >= 15 is 0 Å². The molecule has 0 amide bonds. The van der Waals surface area contributed by atoms with E-state index in [4.69, 9.17) is 4.74 Å². The normalized spacial score (nSPS) is 10.9. The number of aromatic nitrogens is 2. The zero-order chi connectivity index (χ0) is 17.1. The zero-order valence-electron chi connectivity index (χ0n) is 11.6. The van der Waals surface area contributed by atoms with Crippen molar-refractivity contribution < 1.29 is 14.8 Å². The Bertz CT molecular complexity index is 915. The fourth-order valence-electron chi connectivity index (χ4n) is 1.82. The number of H-pyrrole nitrogens is 2. The van der Waals surface area contributed by atoms with E-state index < -0.39 is 21.9 Å². The standard InChI is InChI=1S/C13H10BrN3O6/c1-23-9-5-6(4-7(14)11(9)18)2-3-8-10(17(21)22)12(19)16-13(20)15-8/h2-5,18H,1H3,(H2,15,16,19,20)/b3-2+. The van der Waals surface area contributed by atoms with Crippen LogP contribution in [0.1, 0.15) is 11.3 Å². The Balaban J connectivity index is 2.53. The average molecular weight is 384 g/mol. The van der Waals surface area contributed by atoms with E-state index in [-0.39, 0.29) is 17.2 Å². The van der Waals surface area contributed by atoms with E-state index in [1.807, 2.05) is 0 Å². The Morgan fingerprint density at radius 2 is 2.00 bits per heavy atom. The van der Waals surface area contributed by atoms with Crippen LogP contribution in [0.2, 0.25) is 0 Å². The summed E-state index contributed by atoms with van der Waals surface area (Å²) >= 11 is 3.14. The van der Waals surface area contributed by atoms with Crippen molar-refractivity contribution in [3.8, 4) is 11.5 Å². The number of nitrogens with one attached hydrogen (secondary N) is 2. The van der Waals surface area contributed by atoms with Gasteiger partial charge in [0.2, 0.25) is 0 Å². The summed E-state index contributed by atoms with van der Waals surface area (Å²) < 4.78 is 5.34. The largest absolute Gasteiger partial charge is 0.503 e. The van der Waals surface area contributed by atoms with Crippen molar-refractivity contribution in [3.63, 3.8) is 0 Å². The van der Waals surface area contributed by atoms with Gasteiger partial charge in [0.25, 0.3) is 0 Å². The molecule has 2 rings (SSSR count). The van der Waals surface area contributed by atoms with Crippen LogP contribution in [0.3, 0.4) is 0 Å². The van der Waals surface area contributed by atoms with Crippen molar-refractivity contribution >= 4 is 33.8 Å². The van der Waals surface area contributed by atoms with E-state index in [0.29, 0.717) is 10.0 Å². The van der Waals surface area contributed by atoms with Gasteiger partial charge in [-0.3, -0.25) is 19.9 Å². The Hall–Kier alpha value is -2.88. The molecule has 0 fully saturated rings. The van der Waals surface area contributed by atoms with Crippen molar-refractivity contribution in [3.05, 3.63) is 58.8 Å². The van der Waals surface area contributed by atoms with Crippen LogP contribution in [0, 0.1) is 10.1 Å². The number of methoxy groups -OCH3 is 1. The molecule has 9 nitrogen and oxygen atoms in total. The Morgan fingerprint density at radius 3 is 2.61 bits per heavy atom. The van der Waals surface area contributed by atoms with E-state index in [2.05, 4.69) is 20.9 Å². The van der Waals surface area contributed by atoms with Gasteiger partial charge in [0.05, 0.1) is 16.5 Å². The molecule has 1 heterocycles. The first kappa shape index (κ1) is 16.5. The summed E-state index contributed by atoms with van der Waals surface area (Å²) in [6.07, 6.45) is 2.64. The first-order chi connectivity index (χ1) is 10.8. The molecule has 1 aromatic heterocycles. The van der Waals surface area contributed by atoms with Crippen molar-refractivity contribution in [2.24, 2.45) is 0 Å². The predicted octanol–water partition coefficient (Wildman–Crippen LogP) is 1.62. The number of rotatable bonds is 4. The molecule has 0 saturated carbocycles. The number of nitro groups is 1. The van der Waals surface area contributed by atoms with Crippen LogP contribution in [0.5, 0.6) is 11.5 Å². The van der Waals surface area contributed by atoms with Gasteiger partial charge < -0.3 is 14.8 Å². The van der Waals surface area contributed by atoms with Gasteiger partial charge in [-0.15, -0.1) is 0 Å². The second-order valence-corrected chi connectivity index (χ2v) is 5.17. The van der Waals surface area contributed by atoms with Crippen molar-refractivity contribution in [1.82, 2.24) is 9.97 Å². The van der Waals surface area contributed by atoms with Gasteiger partial charge in [-0.1, -0.05) is 6.08 Å². The highest BCUT2D eigenvalue weighted by atomic mass is 79.9. The van der Waals surface area contributed by atoms with Crippen LogP contribution in [-0.4, -0.2) is 27.1 Å². The summed E-state index contributed by atoms with van der Waals surface area (Å²) in [5.74, 6) is 0.0909. The maximum Gasteiger partial charge on any atom is 0.357 e. The molecule has 120 valence electrons. The van der Waals surface area contributed by atoms with Crippen molar-refractivity contribution in [1.29, 1.82) is 0 Å². The number of ether oxygens (including phenoxy) is 1. The fourth-order valence-corrected chi connectivity index (χ4v) is 2.28. The highest BCUT2D eigenvalue weighted by Crippen LogP contribution is 2.35. The predicted molar refractivity (Wildman–Crippen MR) is 85.6 cm³/mol. The van der Waals surface area contributed by atoms with Crippen molar-refractivity contribution in [2.45, 2.75) is 0 Å². The molecule has 0 radical (unpaired) electrons. The fraction of sp³-hybridized carbons (Fsp3) is 0.0769. The van der Waals surface area contributed by atoms with Gasteiger partial charge in [-0.2, -0.15) is 0 Å². The minimum Gasteiger partial charge on any atom is -0.503 e. The minimum absolute atomic E-state index is 0.0970. The second kappa shape index (κ2) is 6.48. The van der Waals surface area contributed by atoms with Gasteiger partial charge >= 0.3 is 16.9 Å². The maximum atomic E-state index is 11.5. The molecule has 2 aromatic rings. The molecule has 0 aliphatic heterocycles. The first-order valence-corrected chi connectivity index (χ1v) is 6.88. The molecule has 1 aromatic carbocycles. The monoisotopic (exact) mass is 383 g/mol. The summed E-state index contributed by atoms with van der Waals surface area (Å²) in [6, 6.07) is 3.01. The molecule has 23 heavy (non-hydrogen) atoms. The summed E-state index contributed by atoms with van der Waals surface area (Å²) in [6.45, 7) is 0. The summed E-state index contributed by atoms with van der Waals surface area (Å²) in [5, 5.41) is 20.7. The van der Waals surface area contributed by atoms with Crippen LogP contribution in [0.15, 0.2) is 26.2 Å². The maximum absolute atomic E-state index is 11.5. The molecule has 10 heteroatoms. The SMILES string of the molecule is COc1cc(/C=C/c2[nH]c(=O)[nH]c(=O)c2[N+](=O)[O-])cc(Br)c1O. The summed E-state index contributed by atoms with van der Waals surface area (Å²) in [5.41, 5.74) is -2.45. The lowest BCUT2D eigenvalue weighted by Gasteiger charge is -2.06. The Morgan fingerprint density at radius 1 is 1.30 bits per heavy atom. The number of phenolic OH excluding ortho intramolecular Hbond substituents is 1. The van der Waals surface area contributed by atoms with E-state index in [9.17, 15) is 24.8 Å². The van der Waals surface area contributed by atoms with Gasteiger partial charge in [-0.25, -0.2) is 4.79 Å². The zero-order valence-corrected chi connectivity index (χ0v) is 13.2.